The van der Waals surface area contributed by atoms with Gasteiger partial charge in [0.25, 0.3) is 17.5 Å². The SMILES string of the molecule is O=C1c2c(c3c4ccccc4[nH]c3c3[nH]c4ccccc4c23)C(=O)N1/N=C/c1ccc([N+](=O)[O-])cc1. The molecule has 1 aliphatic heterocycles. The molecule has 6 aromatic rings. The van der Waals surface area contributed by atoms with E-state index in [0.717, 1.165) is 37.8 Å². The summed E-state index contributed by atoms with van der Waals surface area (Å²) < 4.78 is 0. The summed E-state index contributed by atoms with van der Waals surface area (Å²) in [6.45, 7) is 0. The highest BCUT2D eigenvalue weighted by molar-refractivity contribution is 6.39. The first-order valence-corrected chi connectivity index (χ1v) is 11.2. The first-order valence-electron chi connectivity index (χ1n) is 11.2. The first kappa shape index (κ1) is 20.1. The molecule has 9 nitrogen and oxygen atoms in total. The van der Waals surface area contributed by atoms with E-state index < -0.39 is 16.7 Å². The minimum Gasteiger partial charge on any atom is -0.353 e. The zero-order valence-corrected chi connectivity index (χ0v) is 18.5. The Balaban J connectivity index is 1.48. The molecule has 0 aliphatic carbocycles. The van der Waals surface area contributed by atoms with Gasteiger partial charge in [-0.1, -0.05) is 36.4 Å². The number of nitro groups is 1. The van der Waals surface area contributed by atoms with Crippen molar-refractivity contribution in [2.24, 2.45) is 5.10 Å². The van der Waals surface area contributed by atoms with E-state index in [2.05, 4.69) is 15.1 Å². The molecular formula is C27H15N5O4. The van der Waals surface area contributed by atoms with Crippen molar-refractivity contribution in [2.45, 2.75) is 0 Å². The van der Waals surface area contributed by atoms with E-state index in [0.29, 0.717) is 27.5 Å². The van der Waals surface area contributed by atoms with E-state index in [-0.39, 0.29) is 5.69 Å². The smallest absolute Gasteiger partial charge is 0.283 e. The van der Waals surface area contributed by atoms with Crippen LogP contribution in [0.25, 0.3) is 43.6 Å². The number of nitrogens with zero attached hydrogens (tertiary/aromatic N) is 3. The molecular weight excluding hydrogens is 458 g/mol. The van der Waals surface area contributed by atoms with Gasteiger partial charge in [0.05, 0.1) is 33.3 Å². The standard InChI is InChI=1S/C27H15N5O4/c33-26-22-20-16-5-1-3-7-18(16)29-24(20)25-21(17-6-2-4-8-19(17)30-25)23(22)27(34)31(26)28-13-14-9-11-15(12-10-14)32(35)36/h1-13,29-30H/b28-13+. The number of nitro benzene ring substituents is 1. The van der Waals surface area contributed by atoms with E-state index >= 15 is 0 Å². The number of nitrogens with one attached hydrogen (secondary N) is 2. The number of para-hydroxylation sites is 2. The fourth-order valence-electron chi connectivity index (χ4n) is 5.07. The van der Waals surface area contributed by atoms with Crippen LogP contribution < -0.4 is 0 Å². The Hall–Kier alpha value is -5.31. The molecule has 0 saturated heterocycles. The number of H-pyrrole nitrogens is 2. The molecule has 36 heavy (non-hydrogen) atoms. The second-order valence-corrected chi connectivity index (χ2v) is 8.61. The summed E-state index contributed by atoms with van der Waals surface area (Å²) in [6.07, 6.45) is 1.35. The maximum atomic E-state index is 13.7. The Kier molecular flexibility index (Phi) is 3.96. The molecule has 0 fully saturated rings. The maximum Gasteiger partial charge on any atom is 0.283 e. The lowest BCUT2D eigenvalue weighted by Gasteiger charge is -2.05. The third kappa shape index (κ3) is 2.62. The molecule has 0 unspecified atom stereocenters. The molecule has 172 valence electrons. The van der Waals surface area contributed by atoms with Crippen molar-refractivity contribution in [1.82, 2.24) is 15.0 Å². The van der Waals surface area contributed by atoms with Crippen molar-refractivity contribution in [1.29, 1.82) is 0 Å². The van der Waals surface area contributed by atoms with Crippen LogP contribution in [0.4, 0.5) is 5.69 Å². The summed E-state index contributed by atoms with van der Waals surface area (Å²) in [7, 11) is 0. The molecule has 0 bridgehead atoms. The van der Waals surface area contributed by atoms with Crippen molar-refractivity contribution in [3.05, 3.63) is 99.6 Å². The van der Waals surface area contributed by atoms with Crippen molar-refractivity contribution >= 4 is 67.3 Å². The Morgan fingerprint density at radius 1 is 0.750 bits per heavy atom. The number of hydrazone groups is 1. The molecule has 9 heteroatoms. The van der Waals surface area contributed by atoms with Gasteiger partial charge in [0.1, 0.15) is 0 Å². The molecule has 2 N–H and O–H groups in total. The molecule has 2 amide bonds. The first-order chi connectivity index (χ1) is 17.5. The largest absolute Gasteiger partial charge is 0.353 e. The maximum absolute atomic E-state index is 13.7. The summed E-state index contributed by atoms with van der Waals surface area (Å²) in [6, 6.07) is 21.0. The predicted octanol–water partition coefficient (Wildman–Crippen LogP) is 5.49. The van der Waals surface area contributed by atoms with Crippen molar-refractivity contribution in [2.75, 3.05) is 0 Å². The Morgan fingerprint density at radius 2 is 1.25 bits per heavy atom. The number of benzene rings is 4. The van der Waals surface area contributed by atoms with Gasteiger partial charge in [-0.05, 0) is 29.8 Å². The molecule has 3 heterocycles. The van der Waals surface area contributed by atoms with Crippen molar-refractivity contribution in [3.63, 3.8) is 0 Å². The average molecular weight is 473 g/mol. The van der Waals surface area contributed by atoms with Gasteiger partial charge in [0.15, 0.2) is 0 Å². The molecule has 0 radical (unpaired) electrons. The number of rotatable bonds is 3. The Labute approximate surface area is 201 Å². The third-order valence-electron chi connectivity index (χ3n) is 6.65. The van der Waals surface area contributed by atoms with Gasteiger partial charge in [-0.25, -0.2) is 0 Å². The average Bonchev–Trinajstić information content (AvgIpc) is 3.53. The van der Waals surface area contributed by atoms with E-state index in [1.807, 2.05) is 48.5 Å². The zero-order chi connectivity index (χ0) is 24.6. The molecule has 1 aliphatic rings. The lowest BCUT2D eigenvalue weighted by Crippen LogP contribution is -2.24. The van der Waals surface area contributed by atoms with Crippen LogP contribution in [0, 0.1) is 10.1 Å². The lowest BCUT2D eigenvalue weighted by molar-refractivity contribution is -0.384. The topological polar surface area (TPSA) is 124 Å². The van der Waals surface area contributed by atoms with Crippen LogP contribution in [0.2, 0.25) is 0 Å². The highest BCUT2D eigenvalue weighted by atomic mass is 16.6. The van der Waals surface area contributed by atoms with Crippen LogP contribution in [0.5, 0.6) is 0 Å². The van der Waals surface area contributed by atoms with Crippen LogP contribution in [0.3, 0.4) is 0 Å². The van der Waals surface area contributed by atoms with Crippen LogP contribution in [0.1, 0.15) is 26.3 Å². The lowest BCUT2D eigenvalue weighted by atomic mass is 9.97. The highest BCUT2D eigenvalue weighted by Crippen LogP contribution is 2.43. The second kappa shape index (κ2) is 7.09. The third-order valence-corrected chi connectivity index (χ3v) is 6.65. The number of carbonyl (C=O) groups excluding carboxylic acids is 2. The predicted molar refractivity (Wildman–Crippen MR) is 136 cm³/mol. The minimum atomic E-state index is -0.518. The van der Waals surface area contributed by atoms with Crippen molar-refractivity contribution in [3.8, 4) is 0 Å². The van der Waals surface area contributed by atoms with Crippen LogP contribution in [-0.4, -0.2) is 37.9 Å². The van der Waals surface area contributed by atoms with Gasteiger partial charge in [0.2, 0.25) is 0 Å². The van der Waals surface area contributed by atoms with E-state index in [9.17, 15) is 19.7 Å². The Bertz CT molecular complexity index is 1850. The number of imide groups is 1. The number of aromatic nitrogens is 2. The fourth-order valence-corrected chi connectivity index (χ4v) is 5.07. The fraction of sp³-hybridized carbons (Fsp3) is 0. The molecule has 0 atom stereocenters. The highest BCUT2D eigenvalue weighted by Gasteiger charge is 2.41. The number of aromatic amines is 2. The number of hydrogen-bond acceptors (Lipinski definition) is 5. The monoisotopic (exact) mass is 473 g/mol. The van der Waals surface area contributed by atoms with Crippen LogP contribution in [-0.2, 0) is 0 Å². The molecule has 7 rings (SSSR count). The van der Waals surface area contributed by atoms with Gasteiger partial charge in [-0.2, -0.15) is 10.1 Å². The molecule has 2 aromatic heterocycles. The summed E-state index contributed by atoms with van der Waals surface area (Å²) in [5.41, 5.74) is 4.30. The van der Waals surface area contributed by atoms with E-state index in [4.69, 9.17) is 0 Å². The van der Waals surface area contributed by atoms with Gasteiger partial charge >= 0.3 is 0 Å². The van der Waals surface area contributed by atoms with E-state index in [1.165, 1.54) is 30.5 Å². The number of carbonyl (C=O) groups is 2. The number of non-ortho nitro benzene ring substituents is 1. The summed E-state index contributed by atoms with van der Waals surface area (Å²) >= 11 is 0. The van der Waals surface area contributed by atoms with E-state index in [1.54, 1.807) is 0 Å². The second-order valence-electron chi connectivity index (χ2n) is 8.61. The molecule has 0 saturated carbocycles. The summed E-state index contributed by atoms with van der Waals surface area (Å²) in [4.78, 5) is 44.7. The van der Waals surface area contributed by atoms with Crippen LogP contribution >= 0.6 is 0 Å². The van der Waals surface area contributed by atoms with Gasteiger partial charge in [-0.15, -0.1) is 0 Å². The normalized spacial score (nSPS) is 13.7. The van der Waals surface area contributed by atoms with Gasteiger partial charge < -0.3 is 9.97 Å². The van der Waals surface area contributed by atoms with Gasteiger partial charge in [0, 0.05) is 44.7 Å². The Morgan fingerprint density at radius 3 is 1.75 bits per heavy atom. The molecule has 0 spiro atoms. The zero-order valence-electron chi connectivity index (χ0n) is 18.5. The summed E-state index contributed by atoms with van der Waals surface area (Å²) in [5, 5.41) is 19.0. The van der Waals surface area contributed by atoms with Crippen LogP contribution in [0.15, 0.2) is 77.9 Å². The van der Waals surface area contributed by atoms with Gasteiger partial charge in [-0.3, -0.25) is 19.7 Å². The summed E-state index contributed by atoms with van der Waals surface area (Å²) in [5.74, 6) is -1.04. The minimum absolute atomic E-state index is 0.0589. The number of hydrogen-bond donors (Lipinski definition) is 2. The van der Waals surface area contributed by atoms with Crippen molar-refractivity contribution < 1.29 is 14.5 Å². The number of amides is 2. The quantitative estimate of drug-likeness (QED) is 0.152. The molecule has 4 aromatic carbocycles. The number of fused-ring (bicyclic) bond motifs is 10.